The van der Waals surface area contributed by atoms with Crippen LogP contribution in [0, 0.1) is 0 Å². The number of carbonyl (C=O) groups is 1. The van der Waals surface area contributed by atoms with Gasteiger partial charge in [-0.05, 0) is 43.2 Å². The number of anilines is 1. The predicted molar refractivity (Wildman–Crippen MR) is 124 cm³/mol. The number of aromatic nitrogens is 1. The zero-order valence-corrected chi connectivity index (χ0v) is 19.9. The van der Waals surface area contributed by atoms with E-state index < -0.39 is 0 Å². The molecule has 1 aliphatic heterocycles. The molecule has 7 nitrogen and oxygen atoms in total. The average molecular weight is 507 g/mol. The highest BCUT2D eigenvalue weighted by Crippen LogP contribution is 2.39. The van der Waals surface area contributed by atoms with Gasteiger partial charge in [0.15, 0.2) is 16.6 Å². The minimum atomic E-state index is -0.201. The lowest BCUT2D eigenvalue weighted by Gasteiger charge is -2.24. The Labute approximate surface area is 193 Å². The first kappa shape index (κ1) is 21.9. The van der Waals surface area contributed by atoms with Gasteiger partial charge in [-0.3, -0.25) is 9.69 Å². The van der Waals surface area contributed by atoms with Crippen molar-refractivity contribution in [1.29, 1.82) is 0 Å². The van der Waals surface area contributed by atoms with Gasteiger partial charge in [-0.15, -0.1) is 0 Å². The molecule has 3 aromatic rings. The normalized spacial score (nSPS) is 15.8. The van der Waals surface area contributed by atoms with Gasteiger partial charge >= 0.3 is 0 Å². The number of hydrogen-bond donors (Lipinski definition) is 0. The molecule has 0 spiro atoms. The number of ether oxygens (including phenoxy) is 4. The van der Waals surface area contributed by atoms with Gasteiger partial charge in [0.1, 0.15) is 0 Å². The SMILES string of the molecule is COc1cc(C(=O)N(CC2CCCO2)c2nc3ccc(Br)cc3s2)cc(OC)c1OC. The lowest BCUT2D eigenvalue weighted by molar-refractivity contribution is 0.0917. The van der Waals surface area contributed by atoms with Gasteiger partial charge in [0.2, 0.25) is 5.75 Å². The van der Waals surface area contributed by atoms with Crippen molar-refractivity contribution in [2.24, 2.45) is 0 Å². The van der Waals surface area contributed by atoms with Crippen molar-refractivity contribution >= 4 is 48.5 Å². The molecule has 1 unspecified atom stereocenters. The number of fused-ring (bicyclic) bond motifs is 1. The maximum Gasteiger partial charge on any atom is 0.260 e. The van der Waals surface area contributed by atoms with Crippen molar-refractivity contribution in [3.05, 3.63) is 40.4 Å². The minimum absolute atomic E-state index is 0.0234. The Morgan fingerprint density at radius 2 is 1.94 bits per heavy atom. The second kappa shape index (κ2) is 9.42. The van der Waals surface area contributed by atoms with E-state index in [4.69, 9.17) is 23.9 Å². The minimum Gasteiger partial charge on any atom is -0.493 e. The van der Waals surface area contributed by atoms with E-state index in [0.29, 0.717) is 41.1 Å². The highest BCUT2D eigenvalue weighted by molar-refractivity contribution is 9.10. The molecular formula is C22H23BrN2O5S. The Morgan fingerprint density at radius 3 is 2.55 bits per heavy atom. The molecule has 0 saturated carbocycles. The standard InChI is InChI=1S/C22H23BrN2O5S/c1-27-17-9-13(10-18(28-2)20(17)29-3)21(26)25(12-15-5-4-8-30-15)22-24-16-7-6-14(23)11-19(16)31-22/h6-7,9-11,15H,4-5,8,12H2,1-3H3. The Bertz CT molecular complexity index is 1070. The van der Waals surface area contributed by atoms with Crippen molar-refractivity contribution in [3.63, 3.8) is 0 Å². The number of methoxy groups -OCH3 is 3. The Morgan fingerprint density at radius 1 is 1.19 bits per heavy atom. The van der Waals surface area contributed by atoms with Crippen molar-refractivity contribution in [2.45, 2.75) is 18.9 Å². The van der Waals surface area contributed by atoms with E-state index in [1.165, 1.54) is 32.7 Å². The summed E-state index contributed by atoms with van der Waals surface area (Å²) >= 11 is 4.97. The van der Waals surface area contributed by atoms with Gasteiger partial charge in [-0.25, -0.2) is 4.98 Å². The summed E-state index contributed by atoms with van der Waals surface area (Å²) in [5.74, 6) is 1.09. The first-order valence-electron chi connectivity index (χ1n) is 9.83. The number of thiazole rings is 1. The third-order valence-corrected chi connectivity index (χ3v) is 6.67. The molecule has 2 heterocycles. The monoisotopic (exact) mass is 506 g/mol. The molecule has 164 valence electrons. The summed E-state index contributed by atoms with van der Waals surface area (Å²) in [4.78, 5) is 20.1. The predicted octanol–water partition coefficient (Wildman–Crippen LogP) is 4.91. The number of nitrogens with zero attached hydrogens (tertiary/aromatic N) is 2. The van der Waals surface area contributed by atoms with Gasteiger partial charge in [0.25, 0.3) is 5.91 Å². The second-order valence-electron chi connectivity index (χ2n) is 7.07. The Balaban J connectivity index is 1.76. The zero-order chi connectivity index (χ0) is 22.0. The van der Waals surface area contributed by atoms with Crippen LogP contribution in [0.2, 0.25) is 0 Å². The number of amides is 1. The lowest BCUT2D eigenvalue weighted by Crippen LogP contribution is -2.37. The first-order valence-corrected chi connectivity index (χ1v) is 11.4. The summed E-state index contributed by atoms with van der Waals surface area (Å²) < 4.78 is 24.0. The number of hydrogen-bond acceptors (Lipinski definition) is 7. The van der Waals surface area contributed by atoms with Crippen molar-refractivity contribution in [3.8, 4) is 17.2 Å². The van der Waals surface area contributed by atoms with Crippen LogP contribution >= 0.6 is 27.3 Å². The van der Waals surface area contributed by atoms with Crippen LogP contribution in [0.5, 0.6) is 17.2 Å². The molecule has 1 atom stereocenters. The molecule has 4 rings (SSSR count). The molecule has 0 bridgehead atoms. The molecule has 31 heavy (non-hydrogen) atoms. The second-order valence-corrected chi connectivity index (χ2v) is 9.00. The third-order valence-electron chi connectivity index (χ3n) is 5.14. The molecule has 1 aromatic heterocycles. The fourth-order valence-electron chi connectivity index (χ4n) is 3.60. The van der Waals surface area contributed by atoms with Crippen LogP contribution in [0.15, 0.2) is 34.8 Å². The van der Waals surface area contributed by atoms with Gasteiger partial charge in [0.05, 0.1) is 44.2 Å². The summed E-state index contributed by atoms with van der Waals surface area (Å²) in [5, 5.41) is 0.627. The Hall–Kier alpha value is -2.36. The molecule has 1 amide bonds. The fraction of sp³-hybridized carbons (Fsp3) is 0.364. The molecular weight excluding hydrogens is 484 g/mol. The Kier molecular flexibility index (Phi) is 6.64. The quantitative estimate of drug-likeness (QED) is 0.453. The van der Waals surface area contributed by atoms with E-state index >= 15 is 0 Å². The average Bonchev–Trinajstić information content (AvgIpc) is 3.45. The van der Waals surface area contributed by atoms with Crippen molar-refractivity contribution in [1.82, 2.24) is 4.98 Å². The maximum absolute atomic E-state index is 13.7. The zero-order valence-electron chi connectivity index (χ0n) is 17.5. The van der Waals surface area contributed by atoms with Gasteiger partial charge in [0, 0.05) is 16.6 Å². The van der Waals surface area contributed by atoms with E-state index in [9.17, 15) is 4.79 Å². The van der Waals surface area contributed by atoms with E-state index in [-0.39, 0.29) is 12.0 Å². The highest BCUT2D eigenvalue weighted by Gasteiger charge is 2.28. The summed E-state index contributed by atoms with van der Waals surface area (Å²) in [6.45, 7) is 1.14. The molecule has 0 radical (unpaired) electrons. The van der Waals surface area contributed by atoms with Crippen molar-refractivity contribution < 1.29 is 23.7 Å². The summed E-state index contributed by atoms with van der Waals surface area (Å²) in [6.07, 6.45) is 1.88. The van der Waals surface area contributed by atoms with Crippen LogP contribution in [0.1, 0.15) is 23.2 Å². The van der Waals surface area contributed by atoms with Crippen LogP contribution in [0.4, 0.5) is 5.13 Å². The van der Waals surface area contributed by atoms with E-state index in [1.54, 1.807) is 17.0 Å². The number of rotatable bonds is 7. The van der Waals surface area contributed by atoms with E-state index in [2.05, 4.69) is 15.9 Å². The summed E-state index contributed by atoms with van der Waals surface area (Å²) in [7, 11) is 4.59. The topological polar surface area (TPSA) is 70.1 Å². The lowest BCUT2D eigenvalue weighted by atomic mass is 10.1. The summed E-state index contributed by atoms with van der Waals surface area (Å²) in [6, 6.07) is 9.21. The van der Waals surface area contributed by atoms with E-state index in [0.717, 1.165) is 27.5 Å². The maximum atomic E-state index is 13.7. The van der Waals surface area contributed by atoms with Gasteiger partial charge < -0.3 is 18.9 Å². The first-order chi connectivity index (χ1) is 15.0. The smallest absolute Gasteiger partial charge is 0.260 e. The van der Waals surface area contributed by atoms with Gasteiger partial charge in [-0.2, -0.15) is 0 Å². The number of halogens is 1. The molecule has 1 saturated heterocycles. The van der Waals surface area contributed by atoms with E-state index in [1.807, 2.05) is 18.2 Å². The third kappa shape index (κ3) is 4.49. The van der Waals surface area contributed by atoms with Crippen LogP contribution in [0.25, 0.3) is 10.2 Å². The molecule has 2 aromatic carbocycles. The van der Waals surface area contributed by atoms with Crippen molar-refractivity contribution in [2.75, 3.05) is 39.4 Å². The molecule has 0 aliphatic carbocycles. The molecule has 1 aliphatic rings. The van der Waals surface area contributed by atoms with Crippen LogP contribution in [-0.4, -0.2) is 51.5 Å². The van der Waals surface area contributed by atoms with Gasteiger partial charge in [-0.1, -0.05) is 27.3 Å². The molecule has 1 fully saturated rings. The molecule has 0 N–H and O–H groups in total. The summed E-state index contributed by atoms with van der Waals surface area (Å²) in [5.41, 5.74) is 1.27. The number of carbonyl (C=O) groups excluding carboxylic acids is 1. The van der Waals surface area contributed by atoms with Crippen LogP contribution in [-0.2, 0) is 4.74 Å². The number of benzene rings is 2. The van der Waals surface area contributed by atoms with Crippen LogP contribution in [0.3, 0.4) is 0 Å². The largest absolute Gasteiger partial charge is 0.493 e. The fourth-order valence-corrected chi connectivity index (χ4v) is 5.13. The molecule has 9 heteroatoms. The highest BCUT2D eigenvalue weighted by atomic mass is 79.9. The van der Waals surface area contributed by atoms with Crippen LogP contribution < -0.4 is 19.1 Å².